The first-order valence-electron chi connectivity index (χ1n) is 5.86. The molecule has 6 heteroatoms. The summed E-state index contributed by atoms with van der Waals surface area (Å²) in [6.45, 7) is 1.87. The zero-order valence-electron chi connectivity index (χ0n) is 11.3. The molecule has 0 aliphatic carbocycles. The number of hydrogen-bond acceptors (Lipinski definition) is 5. The second kappa shape index (κ2) is 6.63. The van der Waals surface area contributed by atoms with Gasteiger partial charge in [0.25, 0.3) is 5.91 Å². The minimum atomic E-state index is -0.670. The topological polar surface area (TPSA) is 81.9 Å². The van der Waals surface area contributed by atoms with Crippen LogP contribution in [0.15, 0.2) is 18.2 Å². The average molecular weight is 266 g/mol. The standard InChI is InChI=1S/C13H18N2O4/c1-4-18-10-7-5-6-9(14)12(10)13(17)19-8-11(16)15(2)3/h5-7H,4,8,14H2,1-3H3. The Bertz CT molecular complexity index is 472. The van der Waals surface area contributed by atoms with E-state index in [9.17, 15) is 9.59 Å². The van der Waals surface area contributed by atoms with Crippen LogP contribution < -0.4 is 10.5 Å². The molecule has 1 rings (SSSR count). The number of hydrogen-bond donors (Lipinski definition) is 1. The van der Waals surface area contributed by atoms with Crippen molar-refractivity contribution in [2.45, 2.75) is 6.92 Å². The molecule has 0 radical (unpaired) electrons. The van der Waals surface area contributed by atoms with Crippen LogP contribution in [-0.2, 0) is 9.53 Å². The van der Waals surface area contributed by atoms with Gasteiger partial charge in [-0.1, -0.05) is 6.07 Å². The molecule has 0 unspecified atom stereocenters. The highest BCUT2D eigenvalue weighted by Gasteiger charge is 2.19. The molecule has 1 aromatic carbocycles. The van der Waals surface area contributed by atoms with Crippen LogP contribution in [0.5, 0.6) is 5.75 Å². The molecule has 104 valence electrons. The summed E-state index contributed by atoms with van der Waals surface area (Å²) < 4.78 is 10.2. The van der Waals surface area contributed by atoms with Gasteiger partial charge in [-0.15, -0.1) is 0 Å². The van der Waals surface area contributed by atoms with Gasteiger partial charge in [-0.25, -0.2) is 4.79 Å². The maximum absolute atomic E-state index is 11.9. The van der Waals surface area contributed by atoms with Crippen LogP contribution in [0, 0.1) is 0 Å². The Kier molecular flexibility index (Phi) is 5.17. The summed E-state index contributed by atoms with van der Waals surface area (Å²) >= 11 is 0. The first-order valence-corrected chi connectivity index (χ1v) is 5.86. The average Bonchev–Trinajstić information content (AvgIpc) is 2.36. The molecular weight excluding hydrogens is 248 g/mol. The van der Waals surface area contributed by atoms with Crippen molar-refractivity contribution in [3.8, 4) is 5.75 Å². The van der Waals surface area contributed by atoms with Gasteiger partial charge >= 0.3 is 5.97 Å². The number of esters is 1. The summed E-state index contributed by atoms with van der Waals surface area (Å²) in [6, 6.07) is 4.89. The number of ether oxygens (including phenoxy) is 2. The van der Waals surface area contributed by atoms with E-state index in [1.54, 1.807) is 39.2 Å². The van der Waals surface area contributed by atoms with E-state index in [-0.39, 0.29) is 23.8 Å². The molecule has 1 aromatic rings. The number of rotatable bonds is 5. The number of benzene rings is 1. The van der Waals surface area contributed by atoms with E-state index in [0.29, 0.717) is 12.4 Å². The van der Waals surface area contributed by atoms with Gasteiger partial charge < -0.3 is 20.1 Å². The summed E-state index contributed by atoms with van der Waals surface area (Å²) in [5.41, 5.74) is 6.15. The summed E-state index contributed by atoms with van der Waals surface area (Å²) in [4.78, 5) is 24.6. The van der Waals surface area contributed by atoms with Crippen molar-refractivity contribution in [3.63, 3.8) is 0 Å². The van der Waals surface area contributed by atoms with Gasteiger partial charge in [-0.05, 0) is 19.1 Å². The molecule has 19 heavy (non-hydrogen) atoms. The number of nitrogens with two attached hydrogens (primary N) is 1. The molecule has 0 aliphatic rings. The Balaban J connectivity index is 2.84. The van der Waals surface area contributed by atoms with E-state index in [0.717, 1.165) is 0 Å². The molecule has 0 bridgehead atoms. The summed E-state index contributed by atoms with van der Waals surface area (Å²) in [5, 5.41) is 0. The molecule has 0 aromatic heterocycles. The van der Waals surface area contributed by atoms with Gasteiger partial charge in [0, 0.05) is 19.8 Å². The predicted octanol–water partition coefficient (Wildman–Crippen LogP) is 0.912. The molecule has 1 amide bonds. The SMILES string of the molecule is CCOc1cccc(N)c1C(=O)OCC(=O)N(C)C. The number of carbonyl (C=O) groups excluding carboxylic acids is 2. The van der Waals surface area contributed by atoms with Crippen LogP contribution >= 0.6 is 0 Å². The predicted molar refractivity (Wildman–Crippen MR) is 71.0 cm³/mol. The molecule has 0 saturated heterocycles. The van der Waals surface area contributed by atoms with Crippen LogP contribution in [0.3, 0.4) is 0 Å². The minimum Gasteiger partial charge on any atom is -0.493 e. The van der Waals surface area contributed by atoms with E-state index < -0.39 is 5.97 Å². The van der Waals surface area contributed by atoms with Crippen molar-refractivity contribution in [3.05, 3.63) is 23.8 Å². The van der Waals surface area contributed by atoms with Crippen LogP contribution in [0.1, 0.15) is 17.3 Å². The third-order valence-corrected chi connectivity index (χ3v) is 2.39. The lowest BCUT2D eigenvalue weighted by Gasteiger charge is -2.13. The minimum absolute atomic E-state index is 0.149. The highest BCUT2D eigenvalue weighted by Crippen LogP contribution is 2.25. The zero-order valence-corrected chi connectivity index (χ0v) is 11.3. The molecule has 6 nitrogen and oxygen atoms in total. The Morgan fingerprint density at radius 3 is 2.58 bits per heavy atom. The summed E-state index contributed by atoms with van der Waals surface area (Å²) in [6.07, 6.45) is 0. The fourth-order valence-corrected chi connectivity index (χ4v) is 1.37. The lowest BCUT2D eigenvalue weighted by atomic mass is 10.1. The van der Waals surface area contributed by atoms with E-state index in [1.165, 1.54) is 4.90 Å². The number of anilines is 1. The molecule has 0 fully saturated rings. The zero-order chi connectivity index (χ0) is 14.4. The first kappa shape index (κ1) is 14.8. The Morgan fingerprint density at radius 2 is 2.00 bits per heavy atom. The molecule has 0 heterocycles. The van der Waals surface area contributed by atoms with Crippen molar-refractivity contribution >= 4 is 17.6 Å². The van der Waals surface area contributed by atoms with Gasteiger partial charge in [0.2, 0.25) is 0 Å². The van der Waals surface area contributed by atoms with Crippen LogP contribution in [0.25, 0.3) is 0 Å². The lowest BCUT2D eigenvalue weighted by Crippen LogP contribution is -2.27. The summed E-state index contributed by atoms with van der Waals surface area (Å²) in [5.74, 6) is -0.623. The van der Waals surface area contributed by atoms with Gasteiger partial charge in [0.1, 0.15) is 11.3 Å². The molecule has 2 N–H and O–H groups in total. The van der Waals surface area contributed by atoms with Gasteiger partial charge in [-0.3, -0.25) is 4.79 Å². The monoisotopic (exact) mass is 266 g/mol. The van der Waals surface area contributed by atoms with Gasteiger partial charge in [-0.2, -0.15) is 0 Å². The largest absolute Gasteiger partial charge is 0.493 e. The number of likely N-dealkylation sites (N-methyl/N-ethyl adjacent to an activating group) is 1. The number of nitrogens with zero attached hydrogens (tertiary/aromatic N) is 1. The Morgan fingerprint density at radius 1 is 1.32 bits per heavy atom. The van der Waals surface area contributed by atoms with Gasteiger partial charge in [0.15, 0.2) is 6.61 Å². The molecule has 0 spiro atoms. The van der Waals surface area contributed by atoms with Gasteiger partial charge in [0.05, 0.1) is 6.61 Å². The van der Waals surface area contributed by atoms with Crippen LogP contribution in [0.2, 0.25) is 0 Å². The number of amides is 1. The van der Waals surface area contributed by atoms with E-state index in [1.807, 2.05) is 0 Å². The van der Waals surface area contributed by atoms with Crippen LogP contribution in [0.4, 0.5) is 5.69 Å². The highest BCUT2D eigenvalue weighted by atomic mass is 16.5. The molecule has 0 atom stereocenters. The molecule has 0 saturated carbocycles. The number of carbonyl (C=O) groups is 2. The Hall–Kier alpha value is -2.24. The van der Waals surface area contributed by atoms with Crippen molar-refractivity contribution in [2.24, 2.45) is 0 Å². The van der Waals surface area contributed by atoms with Crippen molar-refractivity contribution in [1.29, 1.82) is 0 Å². The number of nitrogen functional groups attached to an aromatic ring is 1. The smallest absolute Gasteiger partial charge is 0.344 e. The molecule has 0 aliphatic heterocycles. The van der Waals surface area contributed by atoms with Crippen molar-refractivity contribution < 1.29 is 19.1 Å². The highest BCUT2D eigenvalue weighted by molar-refractivity contribution is 5.99. The second-order valence-electron chi connectivity index (χ2n) is 4.02. The van der Waals surface area contributed by atoms with E-state index in [2.05, 4.69) is 0 Å². The van der Waals surface area contributed by atoms with Crippen molar-refractivity contribution in [1.82, 2.24) is 4.90 Å². The Labute approximate surface area is 112 Å². The maximum atomic E-state index is 11.9. The third kappa shape index (κ3) is 3.87. The summed E-state index contributed by atoms with van der Waals surface area (Å²) in [7, 11) is 3.16. The third-order valence-electron chi connectivity index (χ3n) is 2.39. The van der Waals surface area contributed by atoms with Crippen LogP contribution in [-0.4, -0.2) is 44.1 Å². The fourth-order valence-electron chi connectivity index (χ4n) is 1.37. The fraction of sp³-hybridized carbons (Fsp3) is 0.385. The van der Waals surface area contributed by atoms with E-state index >= 15 is 0 Å². The molecular formula is C13H18N2O4. The lowest BCUT2D eigenvalue weighted by molar-refractivity contribution is -0.131. The first-order chi connectivity index (χ1) is 8.97. The maximum Gasteiger partial charge on any atom is 0.344 e. The van der Waals surface area contributed by atoms with E-state index in [4.69, 9.17) is 15.2 Å². The normalized spacial score (nSPS) is 9.84. The van der Waals surface area contributed by atoms with Crippen molar-refractivity contribution in [2.75, 3.05) is 33.0 Å². The second-order valence-corrected chi connectivity index (χ2v) is 4.02. The quantitative estimate of drug-likeness (QED) is 0.633.